The Labute approximate surface area is 97.1 Å². The lowest BCUT2D eigenvalue weighted by molar-refractivity contribution is 0.512. The Morgan fingerprint density at radius 3 is 2.56 bits per heavy atom. The molecule has 0 aliphatic rings. The van der Waals surface area contributed by atoms with Gasteiger partial charge >= 0.3 is 0 Å². The summed E-state index contributed by atoms with van der Waals surface area (Å²) in [5.41, 5.74) is 2.40. The van der Waals surface area contributed by atoms with E-state index < -0.39 is 0 Å². The Bertz CT molecular complexity index is 440. The van der Waals surface area contributed by atoms with Crippen molar-refractivity contribution in [2.24, 2.45) is 0 Å². The maximum absolute atomic E-state index is 5.90. The molecule has 0 saturated heterocycles. The molecular weight excluding hydrogens is 196 g/mol. The average Bonchev–Trinajstić information content (AvgIpc) is 2.69. The third-order valence-electron chi connectivity index (χ3n) is 2.78. The molecule has 2 aromatic rings. The number of hydrogen-bond donors (Lipinski definition) is 0. The fraction of sp³-hybridized carbons (Fsp3) is 0.333. The summed E-state index contributed by atoms with van der Waals surface area (Å²) in [6.07, 6.45) is 3.45. The van der Waals surface area contributed by atoms with E-state index in [0.29, 0.717) is 0 Å². The lowest BCUT2D eigenvalue weighted by Gasteiger charge is -1.98. The summed E-state index contributed by atoms with van der Waals surface area (Å²) in [7, 11) is 0. The minimum Gasteiger partial charge on any atom is -0.461 e. The Balaban J connectivity index is 2.25. The summed E-state index contributed by atoms with van der Waals surface area (Å²) in [5.74, 6) is 2.13. The second-order valence-electron chi connectivity index (χ2n) is 4.19. The molecule has 84 valence electrons. The van der Waals surface area contributed by atoms with Crippen molar-refractivity contribution in [3.63, 3.8) is 0 Å². The van der Waals surface area contributed by atoms with E-state index in [4.69, 9.17) is 4.42 Å². The third kappa shape index (κ3) is 2.35. The van der Waals surface area contributed by atoms with Gasteiger partial charge in [-0.3, -0.25) is 0 Å². The van der Waals surface area contributed by atoms with E-state index in [1.54, 1.807) is 0 Å². The molecule has 0 atom stereocenters. The fourth-order valence-corrected chi connectivity index (χ4v) is 1.90. The van der Waals surface area contributed by atoms with Gasteiger partial charge in [0.15, 0.2) is 0 Å². The zero-order valence-electron chi connectivity index (χ0n) is 9.99. The largest absolute Gasteiger partial charge is 0.461 e. The maximum Gasteiger partial charge on any atom is 0.137 e. The molecule has 1 nitrogen and oxygen atoms in total. The number of hydrogen-bond acceptors (Lipinski definition) is 1. The van der Waals surface area contributed by atoms with Crippen LogP contribution in [0.1, 0.15) is 31.1 Å². The topological polar surface area (TPSA) is 13.1 Å². The highest BCUT2D eigenvalue weighted by Gasteiger charge is 2.08. The van der Waals surface area contributed by atoms with Gasteiger partial charge in [-0.05, 0) is 25.0 Å². The lowest BCUT2D eigenvalue weighted by atomic mass is 10.1. The SMILES string of the molecule is CCCCc1cc(C)c(-c2ccccc2)o1. The van der Waals surface area contributed by atoms with Crippen LogP contribution >= 0.6 is 0 Å². The molecule has 0 N–H and O–H groups in total. The predicted octanol–water partition coefficient (Wildman–Crippen LogP) is 4.60. The molecule has 1 heteroatoms. The zero-order chi connectivity index (χ0) is 11.4. The van der Waals surface area contributed by atoms with Crippen LogP contribution in [0.3, 0.4) is 0 Å². The molecule has 0 aliphatic heterocycles. The van der Waals surface area contributed by atoms with Crippen molar-refractivity contribution in [2.75, 3.05) is 0 Å². The van der Waals surface area contributed by atoms with E-state index in [1.165, 1.54) is 24.0 Å². The van der Waals surface area contributed by atoms with E-state index in [2.05, 4.69) is 32.0 Å². The third-order valence-corrected chi connectivity index (χ3v) is 2.78. The van der Waals surface area contributed by atoms with Gasteiger partial charge in [0.2, 0.25) is 0 Å². The Morgan fingerprint density at radius 1 is 1.12 bits per heavy atom. The Hall–Kier alpha value is -1.50. The molecule has 0 amide bonds. The van der Waals surface area contributed by atoms with Gasteiger partial charge in [-0.1, -0.05) is 43.7 Å². The monoisotopic (exact) mass is 214 g/mol. The van der Waals surface area contributed by atoms with Gasteiger partial charge in [0, 0.05) is 12.0 Å². The molecule has 0 unspecified atom stereocenters. The normalized spacial score (nSPS) is 10.6. The zero-order valence-corrected chi connectivity index (χ0v) is 9.99. The molecule has 16 heavy (non-hydrogen) atoms. The minimum atomic E-state index is 1.02. The molecule has 2 rings (SSSR count). The molecule has 1 aromatic heterocycles. The summed E-state index contributed by atoms with van der Waals surface area (Å²) >= 11 is 0. The van der Waals surface area contributed by atoms with Crippen LogP contribution in [0.5, 0.6) is 0 Å². The highest BCUT2D eigenvalue weighted by molar-refractivity contribution is 5.61. The highest BCUT2D eigenvalue weighted by Crippen LogP contribution is 2.27. The van der Waals surface area contributed by atoms with E-state index in [-0.39, 0.29) is 0 Å². The number of unbranched alkanes of at least 4 members (excludes halogenated alkanes) is 1. The first-order valence-corrected chi connectivity index (χ1v) is 5.96. The van der Waals surface area contributed by atoms with Crippen molar-refractivity contribution in [1.29, 1.82) is 0 Å². The summed E-state index contributed by atoms with van der Waals surface area (Å²) in [6.45, 7) is 4.31. The lowest BCUT2D eigenvalue weighted by Crippen LogP contribution is -1.79. The van der Waals surface area contributed by atoms with Gasteiger partial charge in [-0.15, -0.1) is 0 Å². The second-order valence-corrected chi connectivity index (χ2v) is 4.19. The van der Waals surface area contributed by atoms with Gasteiger partial charge in [0.05, 0.1) is 0 Å². The first-order valence-electron chi connectivity index (χ1n) is 5.96. The van der Waals surface area contributed by atoms with Crippen LogP contribution in [0.15, 0.2) is 40.8 Å². The van der Waals surface area contributed by atoms with E-state index in [1.807, 2.05) is 18.2 Å². The van der Waals surface area contributed by atoms with Crippen molar-refractivity contribution in [2.45, 2.75) is 33.1 Å². The van der Waals surface area contributed by atoms with Gasteiger partial charge in [-0.2, -0.15) is 0 Å². The van der Waals surface area contributed by atoms with Crippen molar-refractivity contribution in [3.8, 4) is 11.3 Å². The van der Waals surface area contributed by atoms with Gasteiger partial charge in [0.25, 0.3) is 0 Å². The van der Waals surface area contributed by atoms with Crippen LogP contribution < -0.4 is 0 Å². The maximum atomic E-state index is 5.90. The second kappa shape index (κ2) is 5.02. The fourth-order valence-electron chi connectivity index (χ4n) is 1.90. The molecule has 0 fully saturated rings. The van der Waals surface area contributed by atoms with E-state index >= 15 is 0 Å². The number of furan rings is 1. The Morgan fingerprint density at radius 2 is 1.88 bits per heavy atom. The molecule has 1 heterocycles. The van der Waals surface area contributed by atoms with E-state index in [0.717, 1.165) is 17.9 Å². The summed E-state index contributed by atoms with van der Waals surface area (Å²) in [4.78, 5) is 0. The van der Waals surface area contributed by atoms with Crippen molar-refractivity contribution in [3.05, 3.63) is 47.7 Å². The van der Waals surface area contributed by atoms with Crippen molar-refractivity contribution < 1.29 is 4.42 Å². The molecule has 1 aromatic carbocycles. The van der Waals surface area contributed by atoms with E-state index in [9.17, 15) is 0 Å². The van der Waals surface area contributed by atoms with Gasteiger partial charge in [0.1, 0.15) is 11.5 Å². The van der Waals surface area contributed by atoms with Crippen LogP contribution in [-0.2, 0) is 6.42 Å². The quantitative estimate of drug-likeness (QED) is 0.725. The van der Waals surface area contributed by atoms with Crippen LogP contribution in [0.2, 0.25) is 0 Å². The standard InChI is InChI=1S/C15H18O/c1-3-4-10-14-11-12(2)15(16-14)13-8-6-5-7-9-13/h5-9,11H,3-4,10H2,1-2H3. The van der Waals surface area contributed by atoms with Gasteiger partial charge in [-0.25, -0.2) is 0 Å². The molecule has 0 spiro atoms. The minimum absolute atomic E-state index is 1.02. The molecule has 0 bridgehead atoms. The molecular formula is C15H18O. The van der Waals surface area contributed by atoms with Crippen LogP contribution in [0.4, 0.5) is 0 Å². The van der Waals surface area contributed by atoms with Crippen molar-refractivity contribution in [1.82, 2.24) is 0 Å². The summed E-state index contributed by atoms with van der Waals surface area (Å²) in [6, 6.07) is 12.5. The highest BCUT2D eigenvalue weighted by atomic mass is 16.3. The summed E-state index contributed by atoms with van der Waals surface area (Å²) in [5, 5.41) is 0. The van der Waals surface area contributed by atoms with Crippen LogP contribution in [0.25, 0.3) is 11.3 Å². The number of aryl methyl sites for hydroxylation is 2. The first kappa shape index (κ1) is 11.0. The molecule has 0 saturated carbocycles. The average molecular weight is 214 g/mol. The smallest absolute Gasteiger partial charge is 0.137 e. The van der Waals surface area contributed by atoms with Crippen molar-refractivity contribution >= 4 is 0 Å². The molecule has 0 aliphatic carbocycles. The molecule has 0 radical (unpaired) electrons. The summed E-state index contributed by atoms with van der Waals surface area (Å²) < 4.78 is 5.90. The van der Waals surface area contributed by atoms with Gasteiger partial charge < -0.3 is 4.42 Å². The van der Waals surface area contributed by atoms with Crippen LogP contribution in [0, 0.1) is 6.92 Å². The first-order chi connectivity index (χ1) is 7.81. The Kier molecular flexibility index (Phi) is 3.45. The predicted molar refractivity (Wildman–Crippen MR) is 67.5 cm³/mol. The number of benzene rings is 1. The van der Waals surface area contributed by atoms with Crippen LogP contribution in [-0.4, -0.2) is 0 Å². The number of rotatable bonds is 4.